The molecule has 34 heavy (non-hydrogen) atoms. The Morgan fingerprint density at radius 1 is 1.00 bits per heavy atom. The van der Waals surface area contributed by atoms with Crippen LogP contribution in [-0.4, -0.2) is 10.1 Å². The van der Waals surface area contributed by atoms with E-state index in [0.717, 1.165) is 23.8 Å². The third-order valence-corrected chi connectivity index (χ3v) is 7.00. The van der Waals surface area contributed by atoms with E-state index in [1.54, 1.807) is 42.5 Å². The van der Waals surface area contributed by atoms with Gasteiger partial charge in [-0.2, -0.15) is 13.2 Å². The molecule has 1 unspecified atom stereocenters. The van der Waals surface area contributed by atoms with Gasteiger partial charge in [-0.3, -0.25) is 9.52 Å². The molecule has 0 aromatic heterocycles. The number of nitrogens with one attached hydrogen (secondary N) is 1. The van der Waals surface area contributed by atoms with Crippen LogP contribution in [0.5, 0.6) is 5.75 Å². The van der Waals surface area contributed by atoms with Gasteiger partial charge >= 0.3 is 6.18 Å². The van der Waals surface area contributed by atoms with Gasteiger partial charge in [0.1, 0.15) is 17.7 Å². The zero-order chi connectivity index (χ0) is 24.0. The largest absolute Gasteiger partial charge is 0.486 e. The average Bonchev–Trinajstić information content (AvgIpc) is 3.35. The van der Waals surface area contributed by atoms with E-state index >= 15 is 0 Å². The van der Waals surface area contributed by atoms with Crippen LogP contribution in [0.3, 0.4) is 0 Å². The van der Waals surface area contributed by atoms with Crippen LogP contribution in [0.1, 0.15) is 34.8 Å². The van der Waals surface area contributed by atoms with E-state index in [0.29, 0.717) is 40.2 Å². The number of ether oxygens (including phenoxy) is 1. The molecule has 1 heterocycles. The van der Waals surface area contributed by atoms with E-state index in [1.807, 2.05) is 0 Å². The van der Waals surface area contributed by atoms with Gasteiger partial charge in [-0.05, 0) is 71.0 Å². The minimum Gasteiger partial charge on any atom is -0.486 e. The summed E-state index contributed by atoms with van der Waals surface area (Å²) in [5, 5.41) is 0. The van der Waals surface area contributed by atoms with Gasteiger partial charge in [-0.1, -0.05) is 30.3 Å². The molecule has 0 saturated carbocycles. The van der Waals surface area contributed by atoms with Gasteiger partial charge in [-0.15, -0.1) is 0 Å². The summed E-state index contributed by atoms with van der Waals surface area (Å²) in [5.74, 6) is -0.627. The van der Waals surface area contributed by atoms with Gasteiger partial charge < -0.3 is 4.74 Å². The van der Waals surface area contributed by atoms with Crippen molar-refractivity contribution in [3.63, 3.8) is 0 Å². The fourth-order valence-electron chi connectivity index (χ4n) is 4.38. The van der Waals surface area contributed by atoms with E-state index in [4.69, 9.17) is 4.74 Å². The van der Waals surface area contributed by atoms with E-state index in [1.165, 1.54) is 6.08 Å². The fraction of sp³-hybridized carbons (Fsp3) is 0.160. The molecule has 174 valence electrons. The van der Waals surface area contributed by atoms with Crippen LogP contribution in [0.25, 0.3) is 16.0 Å². The maximum absolute atomic E-state index is 13.9. The van der Waals surface area contributed by atoms with Gasteiger partial charge in [0.15, 0.2) is 11.0 Å². The Balaban J connectivity index is 1.43. The highest BCUT2D eigenvalue weighted by atomic mass is 32.2. The number of hydrogen-bond acceptors (Lipinski definition) is 3. The van der Waals surface area contributed by atoms with Crippen molar-refractivity contribution in [1.82, 2.24) is 4.72 Å². The van der Waals surface area contributed by atoms with E-state index in [2.05, 4.69) is 4.72 Å². The van der Waals surface area contributed by atoms with E-state index in [9.17, 15) is 26.6 Å². The highest BCUT2D eigenvalue weighted by Crippen LogP contribution is 2.44. The molecule has 4 nitrogen and oxygen atoms in total. The first kappa shape index (κ1) is 22.3. The summed E-state index contributed by atoms with van der Waals surface area (Å²) in [6.07, 6.45) is -2.67. The van der Waals surface area contributed by atoms with Crippen LogP contribution in [-0.2, 0) is 28.4 Å². The second-order valence-corrected chi connectivity index (χ2v) is 9.16. The van der Waals surface area contributed by atoms with Crippen molar-refractivity contribution in [2.24, 2.45) is 0 Å². The van der Waals surface area contributed by atoms with Gasteiger partial charge in [0.2, 0.25) is 0 Å². The molecule has 5 rings (SSSR count). The van der Waals surface area contributed by atoms with Crippen molar-refractivity contribution in [2.45, 2.75) is 25.1 Å². The standard InChI is InChI=1S/C25H17F4NO3S/c26-15-6-10-21(25(27,28)29)20(12-15)17-2-1-3-19-18(17)9-11-22(19)33-16-7-4-14(5-8-16)23-13-24(31)30-34(23)32/h1-8,10,12-13,22H,9,11H2,(H,30,31)/t22-,34?/m1/s1. The molecule has 2 atom stereocenters. The lowest BCUT2D eigenvalue weighted by molar-refractivity contribution is -0.137. The molecule has 0 spiro atoms. The minimum atomic E-state index is -4.61. The average molecular weight is 487 g/mol. The lowest BCUT2D eigenvalue weighted by Gasteiger charge is -2.18. The SMILES string of the molecule is O=C1C=C(c2ccc(O[C@@H]3CCc4c(-c5cc(F)ccc5C(F)(F)F)cccc43)cc2)S(=O)N1. The number of hydrogen-bond donors (Lipinski definition) is 1. The summed E-state index contributed by atoms with van der Waals surface area (Å²) in [6, 6.07) is 14.3. The lowest BCUT2D eigenvalue weighted by Crippen LogP contribution is -2.16. The van der Waals surface area contributed by atoms with Crippen LogP contribution in [0.4, 0.5) is 17.6 Å². The molecule has 0 radical (unpaired) electrons. The third kappa shape index (κ3) is 4.11. The number of amides is 1. The Bertz CT molecular complexity index is 1350. The van der Waals surface area contributed by atoms with Crippen LogP contribution in [0, 0.1) is 5.82 Å². The molecule has 2 aliphatic rings. The van der Waals surface area contributed by atoms with Crippen molar-refractivity contribution in [2.75, 3.05) is 0 Å². The van der Waals surface area contributed by atoms with Gasteiger partial charge in [0, 0.05) is 6.08 Å². The first-order valence-electron chi connectivity index (χ1n) is 10.4. The normalized spacial score (nSPS) is 19.5. The summed E-state index contributed by atoms with van der Waals surface area (Å²) in [6.45, 7) is 0. The summed E-state index contributed by atoms with van der Waals surface area (Å²) in [4.78, 5) is 11.8. The number of rotatable bonds is 4. The second kappa shape index (κ2) is 8.39. The molecule has 1 aliphatic carbocycles. The van der Waals surface area contributed by atoms with Crippen molar-refractivity contribution < 1.29 is 31.3 Å². The van der Waals surface area contributed by atoms with Crippen LogP contribution < -0.4 is 9.46 Å². The molecule has 1 aliphatic heterocycles. The Hall–Kier alpha value is -3.46. The molecule has 0 bridgehead atoms. The topological polar surface area (TPSA) is 55.4 Å². The first-order chi connectivity index (χ1) is 16.2. The quantitative estimate of drug-likeness (QED) is 0.480. The number of benzene rings is 3. The predicted octanol–water partition coefficient (Wildman–Crippen LogP) is 5.71. The number of carbonyl (C=O) groups excluding carboxylic acids is 1. The van der Waals surface area contributed by atoms with E-state index < -0.39 is 34.4 Å². The summed E-state index contributed by atoms with van der Waals surface area (Å²) in [7, 11) is -1.60. The second-order valence-electron chi connectivity index (χ2n) is 7.97. The molecule has 1 amide bonds. The van der Waals surface area contributed by atoms with Crippen molar-refractivity contribution in [3.8, 4) is 16.9 Å². The Kier molecular flexibility index (Phi) is 5.51. The highest BCUT2D eigenvalue weighted by Gasteiger charge is 2.35. The Morgan fingerprint density at radius 3 is 2.44 bits per heavy atom. The molecule has 0 saturated heterocycles. The number of carbonyl (C=O) groups is 1. The number of alkyl halides is 3. The predicted molar refractivity (Wildman–Crippen MR) is 119 cm³/mol. The number of fused-ring (bicyclic) bond motifs is 1. The summed E-state index contributed by atoms with van der Waals surface area (Å²) in [5.41, 5.74) is 1.36. The number of halogens is 4. The maximum atomic E-state index is 13.9. The van der Waals surface area contributed by atoms with Gasteiger partial charge in [0.25, 0.3) is 5.91 Å². The van der Waals surface area contributed by atoms with Gasteiger partial charge in [0.05, 0.1) is 10.5 Å². The molecule has 3 aromatic rings. The summed E-state index contributed by atoms with van der Waals surface area (Å²) < 4.78 is 75.0. The molecule has 3 aromatic carbocycles. The van der Waals surface area contributed by atoms with Crippen molar-refractivity contribution in [1.29, 1.82) is 0 Å². The molecule has 1 N–H and O–H groups in total. The maximum Gasteiger partial charge on any atom is 0.417 e. The molecule has 0 fully saturated rings. The molecule has 9 heteroatoms. The molecular weight excluding hydrogens is 470 g/mol. The minimum absolute atomic E-state index is 0.185. The highest BCUT2D eigenvalue weighted by molar-refractivity contribution is 7.93. The zero-order valence-electron chi connectivity index (χ0n) is 17.5. The fourth-order valence-corrected chi connectivity index (χ4v) is 5.29. The first-order valence-corrected chi connectivity index (χ1v) is 11.6. The van der Waals surface area contributed by atoms with Crippen molar-refractivity contribution in [3.05, 3.63) is 94.8 Å². The monoisotopic (exact) mass is 487 g/mol. The zero-order valence-corrected chi connectivity index (χ0v) is 18.3. The van der Waals surface area contributed by atoms with Gasteiger partial charge in [-0.25, -0.2) is 8.60 Å². The lowest BCUT2D eigenvalue weighted by atomic mass is 9.93. The molecular formula is C25H17F4NO3S. The van der Waals surface area contributed by atoms with Crippen molar-refractivity contribution >= 4 is 21.8 Å². The smallest absolute Gasteiger partial charge is 0.417 e. The van der Waals surface area contributed by atoms with E-state index in [-0.39, 0.29) is 11.7 Å². The third-order valence-electron chi connectivity index (χ3n) is 5.87. The van der Waals surface area contributed by atoms with Crippen LogP contribution in [0.2, 0.25) is 0 Å². The Labute approximate surface area is 194 Å². The van der Waals surface area contributed by atoms with Crippen LogP contribution >= 0.6 is 0 Å². The Morgan fingerprint density at radius 2 is 1.76 bits per heavy atom. The summed E-state index contributed by atoms with van der Waals surface area (Å²) >= 11 is 0. The van der Waals surface area contributed by atoms with Crippen LogP contribution in [0.15, 0.2) is 66.7 Å².